The molecule has 174 valence electrons. The third kappa shape index (κ3) is 5.82. The first-order chi connectivity index (χ1) is 16.4. The molecular weight excluding hydrogens is 464 g/mol. The van der Waals surface area contributed by atoms with E-state index in [1.807, 2.05) is 92.6 Å². The van der Waals surface area contributed by atoms with E-state index < -0.39 is 6.04 Å². The summed E-state index contributed by atoms with van der Waals surface area (Å²) < 4.78 is 0. The Morgan fingerprint density at radius 2 is 1.71 bits per heavy atom. The van der Waals surface area contributed by atoms with Crippen LogP contribution in [-0.2, 0) is 10.5 Å². The van der Waals surface area contributed by atoms with Crippen LogP contribution < -0.4 is 15.5 Å². The molecule has 0 saturated heterocycles. The number of benzene rings is 3. The first kappa shape index (κ1) is 23.9. The van der Waals surface area contributed by atoms with Crippen molar-refractivity contribution in [2.24, 2.45) is 4.99 Å². The molecule has 0 radical (unpaired) electrons. The summed E-state index contributed by atoms with van der Waals surface area (Å²) in [6, 6.07) is 25.1. The lowest BCUT2D eigenvalue weighted by molar-refractivity contribution is -0.113. The molecule has 2 N–H and O–H groups in total. The number of halogens is 1. The average molecular weight is 491 g/mol. The van der Waals surface area contributed by atoms with E-state index in [1.165, 1.54) is 0 Å². The van der Waals surface area contributed by atoms with Crippen LogP contribution >= 0.6 is 23.4 Å². The van der Waals surface area contributed by atoms with E-state index >= 15 is 0 Å². The summed E-state index contributed by atoms with van der Waals surface area (Å²) in [6.07, 6.45) is 0. The second-order valence-electron chi connectivity index (χ2n) is 8.22. The highest BCUT2D eigenvalue weighted by Gasteiger charge is 2.29. The Kier molecular flexibility index (Phi) is 7.60. The van der Waals surface area contributed by atoms with Crippen molar-refractivity contribution in [1.82, 2.24) is 5.32 Å². The van der Waals surface area contributed by atoms with Gasteiger partial charge in [0.1, 0.15) is 6.04 Å². The van der Waals surface area contributed by atoms with Crippen molar-refractivity contribution in [3.63, 3.8) is 0 Å². The molecule has 0 fully saturated rings. The van der Waals surface area contributed by atoms with Crippen molar-refractivity contribution in [2.75, 3.05) is 24.3 Å². The molecule has 0 bridgehead atoms. The van der Waals surface area contributed by atoms with Gasteiger partial charge in [-0.3, -0.25) is 4.79 Å². The minimum absolute atomic E-state index is 0.164. The minimum atomic E-state index is -0.408. The molecular formula is C27H27ClN4OS. The molecule has 1 amide bonds. The highest BCUT2D eigenvalue weighted by Crippen LogP contribution is 2.34. The SMILES string of the molecule is CC1=C(C(=O)Nc2ccccc2)[C@H](c2ccc(N(C)C)cc2)N=C(SCc2ccc(Cl)cc2)N1. The number of nitrogens with one attached hydrogen (secondary N) is 2. The number of allylic oxidation sites excluding steroid dienone is 1. The standard InChI is InChI=1S/C27H27ClN4OS/c1-18-24(26(33)30-22-7-5-4-6-8-22)25(20-11-15-23(16-12-20)32(2)3)31-27(29-18)34-17-19-9-13-21(28)14-10-19/h4-16,25H,17H2,1-3H3,(H,29,31)(H,30,33)/t25-/m0/s1. The molecule has 0 spiro atoms. The van der Waals surface area contributed by atoms with Crippen LogP contribution in [0.25, 0.3) is 0 Å². The maximum atomic E-state index is 13.3. The highest BCUT2D eigenvalue weighted by atomic mass is 35.5. The Balaban J connectivity index is 1.62. The van der Waals surface area contributed by atoms with E-state index in [9.17, 15) is 4.79 Å². The van der Waals surface area contributed by atoms with Crippen molar-refractivity contribution in [1.29, 1.82) is 0 Å². The van der Waals surface area contributed by atoms with Crippen molar-refractivity contribution in [2.45, 2.75) is 18.7 Å². The fourth-order valence-corrected chi connectivity index (χ4v) is 4.69. The largest absolute Gasteiger partial charge is 0.378 e. The van der Waals surface area contributed by atoms with Gasteiger partial charge in [-0.05, 0) is 54.4 Å². The maximum absolute atomic E-state index is 13.3. The van der Waals surface area contributed by atoms with Crippen molar-refractivity contribution in [3.05, 3.63) is 106 Å². The first-order valence-corrected chi connectivity index (χ1v) is 12.3. The molecule has 0 saturated carbocycles. The Labute approximate surface area is 209 Å². The number of hydrogen-bond acceptors (Lipinski definition) is 5. The second kappa shape index (κ2) is 10.8. The molecule has 1 aliphatic heterocycles. The molecule has 0 aromatic heterocycles. The van der Waals surface area contributed by atoms with Gasteiger partial charge >= 0.3 is 0 Å². The van der Waals surface area contributed by atoms with Crippen LogP contribution in [0.4, 0.5) is 11.4 Å². The molecule has 0 aliphatic carbocycles. The average Bonchev–Trinajstić information content (AvgIpc) is 2.84. The van der Waals surface area contributed by atoms with Gasteiger partial charge < -0.3 is 15.5 Å². The number of amides is 1. The zero-order chi connectivity index (χ0) is 24.1. The van der Waals surface area contributed by atoms with Gasteiger partial charge in [-0.1, -0.05) is 65.8 Å². The fraction of sp³-hybridized carbons (Fsp3) is 0.185. The van der Waals surface area contributed by atoms with E-state index in [1.54, 1.807) is 11.8 Å². The zero-order valence-electron chi connectivity index (χ0n) is 19.4. The molecule has 3 aromatic carbocycles. The predicted octanol–water partition coefficient (Wildman–Crippen LogP) is 6.25. The second-order valence-corrected chi connectivity index (χ2v) is 9.62. The van der Waals surface area contributed by atoms with Gasteiger partial charge in [0.15, 0.2) is 5.17 Å². The molecule has 7 heteroatoms. The number of para-hydroxylation sites is 1. The first-order valence-electron chi connectivity index (χ1n) is 11.0. The molecule has 0 unspecified atom stereocenters. The van der Waals surface area contributed by atoms with Gasteiger partial charge in [0.2, 0.25) is 0 Å². The van der Waals surface area contributed by atoms with E-state index in [4.69, 9.17) is 16.6 Å². The number of thioether (sulfide) groups is 1. The normalized spacial score (nSPS) is 15.4. The van der Waals surface area contributed by atoms with E-state index in [0.29, 0.717) is 5.57 Å². The Hall–Kier alpha value is -3.22. The summed E-state index contributed by atoms with van der Waals surface area (Å²) in [5.41, 5.74) is 5.37. The number of aliphatic imine (C=N–C) groups is 1. The maximum Gasteiger partial charge on any atom is 0.255 e. The number of anilines is 2. The minimum Gasteiger partial charge on any atom is -0.378 e. The Morgan fingerprint density at radius 3 is 2.35 bits per heavy atom. The number of amidine groups is 1. The topological polar surface area (TPSA) is 56.7 Å². The van der Waals surface area contributed by atoms with Crippen LogP contribution in [-0.4, -0.2) is 25.2 Å². The van der Waals surface area contributed by atoms with Gasteiger partial charge in [-0.15, -0.1) is 0 Å². The fourth-order valence-electron chi connectivity index (χ4n) is 3.66. The lowest BCUT2D eigenvalue weighted by atomic mass is 9.95. The number of carbonyl (C=O) groups is 1. The lowest BCUT2D eigenvalue weighted by Gasteiger charge is -2.27. The van der Waals surface area contributed by atoms with Gasteiger partial charge in [0, 0.05) is 41.9 Å². The quantitative estimate of drug-likeness (QED) is 0.428. The number of hydrogen-bond donors (Lipinski definition) is 2. The zero-order valence-corrected chi connectivity index (χ0v) is 21.0. The van der Waals surface area contributed by atoms with E-state index in [-0.39, 0.29) is 5.91 Å². The number of rotatable bonds is 6. The summed E-state index contributed by atoms with van der Waals surface area (Å²) in [7, 11) is 4.01. The predicted molar refractivity (Wildman–Crippen MR) is 145 cm³/mol. The Morgan fingerprint density at radius 1 is 1.03 bits per heavy atom. The summed E-state index contributed by atoms with van der Waals surface area (Å²) in [4.78, 5) is 20.4. The van der Waals surface area contributed by atoms with Crippen LogP contribution in [0.15, 0.2) is 95.1 Å². The number of carbonyl (C=O) groups excluding carboxylic acids is 1. The van der Waals surface area contributed by atoms with Crippen molar-refractivity contribution < 1.29 is 4.79 Å². The van der Waals surface area contributed by atoms with E-state index in [0.717, 1.165) is 44.1 Å². The van der Waals surface area contributed by atoms with Crippen molar-refractivity contribution >= 4 is 45.8 Å². The molecule has 1 heterocycles. The highest BCUT2D eigenvalue weighted by molar-refractivity contribution is 8.13. The molecule has 4 rings (SSSR count). The van der Waals surface area contributed by atoms with Gasteiger partial charge in [-0.2, -0.15) is 0 Å². The van der Waals surface area contributed by atoms with Gasteiger partial charge in [-0.25, -0.2) is 4.99 Å². The van der Waals surface area contributed by atoms with Crippen LogP contribution in [0.1, 0.15) is 24.1 Å². The third-order valence-electron chi connectivity index (χ3n) is 5.51. The van der Waals surface area contributed by atoms with Crippen LogP contribution in [0.5, 0.6) is 0 Å². The summed E-state index contributed by atoms with van der Waals surface area (Å²) in [5, 5.41) is 7.86. The summed E-state index contributed by atoms with van der Waals surface area (Å²) >= 11 is 7.62. The smallest absolute Gasteiger partial charge is 0.255 e. The van der Waals surface area contributed by atoms with Crippen molar-refractivity contribution in [3.8, 4) is 0 Å². The molecule has 34 heavy (non-hydrogen) atoms. The van der Waals surface area contributed by atoms with Gasteiger partial charge in [0.05, 0.1) is 5.57 Å². The molecule has 5 nitrogen and oxygen atoms in total. The Bertz CT molecular complexity index is 1210. The van der Waals surface area contributed by atoms with Crippen LogP contribution in [0, 0.1) is 0 Å². The summed E-state index contributed by atoms with van der Waals surface area (Å²) in [6.45, 7) is 1.93. The van der Waals surface area contributed by atoms with Gasteiger partial charge in [0.25, 0.3) is 5.91 Å². The van der Waals surface area contributed by atoms with E-state index in [2.05, 4.69) is 22.8 Å². The van der Waals surface area contributed by atoms with Crippen LogP contribution in [0.2, 0.25) is 5.02 Å². The number of nitrogens with zero attached hydrogens (tertiary/aromatic N) is 2. The monoisotopic (exact) mass is 490 g/mol. The van der Waals surface area contributed by atoms with Crippen LogP contribution in [0.3, 0.4) is 0 Å². The molecule has 3 aromatic rings. The third-order valence-corrected chi connectivity index (χ3v) is 6.72. The molecule has 1 atom stereocenters. The summed E-state index contributed by atoms with van der Waals surface area (Å²) in [5.74, 6) is 0.581. The lowest BCUT2D eigenvalue weighted by Crippen LogP contribution is -2.32. The molecule has 1 aliphatic rings.